The average Bonchev–Trinajstić information content (AvgIpc) is 2.03. The molecule has 2 N–H and O–H groups in total. The lowest BCUT2D eigenvalue weighted by atomic mass is 10.2. The molecule has 0 atom stereocenters. The van der Waals surface area contributed by atoms with Crippen molar-refractivity contribution in [2.45, 2.75) is 0 Å². The van der Waals surface area contributed by atoms with E-state index in [9.17, 15) is 9.79 Å². The predicted octanol–water partition coefficient (Wildman–Crippen LogP) is 1.92. The molecule has 0 unspecified atom stereocenters. The zero-order valence-electron chi connectivity index (χ0n) is 6.64. The van der Waals surface area contributed by atoms with Crippen LogP contribution in [0.15, 0.2) is 36.9 Å². The molecule has 0 saturated heterocycles. The van der Waals surface area contributed by atoms with E-state index in [0.717, 1.165) is 5.56 Å². The molecule has 0 heterocycles. The Morgan fingerprint density at radius 3 is 2.08 bits per heavy atom. The first-order valence-corrected chi connectivity index (χ1v) is 5.33. The van der Waals surface area contributed by atoms with E-state index in [1.807, 2.05) is 18.2 Å². The molecule has 0 aliphatic carbocycles. The van der Waals surface area contributed by atoms with Gasteiger partial charge in [-0.15, -0.1) is 0 Å². The van der Waals surface area contributed by atoms with Gasteiger partial charge in [0.05, 0.1) is 0 Å². The highest BCUT2D eigenvalue weighted by atomic mass is 31.2. The zero-order valence-corrected chi connectivity index (χ0v) is 7.54. The molecule has 0 aliphatic rings. The summed E-state index contributed by atoms with van der Waals surface area (Å²) in [6.45, 7) is 3.58. The zero-order chi connectivity index (χ0) is 9.19. The molecule has 0 fully saturated rings. The third-order valence-corrected chi connectivity index (χ3v) is 2.66. The third-order valence-electron chi connectivity index (χ3n) is 1.54. The van der Waals surface area contributed by atoms with Crippen LogP contribution in [0.3, 0.4) is 0 Å². The minimum Gasteiger partial charge on any atom is -0.350 e. The second-order valence-electron chi connectivity index (χ2n) is 2.54. The Bertz CT molecular complexity index is 324. The van der Waals surface area contributed by atoms with E-state index in [1.165, 1.54) is 0 Å². The Kier molecular flexibility index (Phi) is 2.53. The number of hydrogen-bond acceptors (Lipinski definition) is 2. The highest BCUT2D eigenvalue weighted by molar-refractivity contribution is 7.72. The molecule has 0 spiro atoms. The summed E-state index contributed by atoms with van der Waals surface area (Å²) in [4.78, 5) is 18.4. The number of rotatable bonds is 2. The molecule has 0 amide bonds. The highest BCUT2D eigenvalue weighted by Crippen LogP contribution is 2.48. The molecule has 0 aromatic heterocycles. The molecule has 0 aliphatic heterocycles. The topological polar surface area (TPSA) is 40.5 Å². The van der Waals surface area contributed by atoms with E-state index >= 15 is 0 Å². The lowest BCUT2D eigenvalue weighted by molar-refractivity contribution is 0.492. The van der Waals surface area contributed by atoms with Crippen molar-refractivity contribution < 1.29 is 9.79 Å². The predicted molar refractivity (Wildman–Crippen MR) is 54.0 cm³/mol. The Morgan fingerprint density at radius 1 is 1.17 bits per heavy atom. The third kappa shape index (κ3) is 2.08. The van der Waals surface area contributed by atoms with Gasteiger partial charge in [0.1, 0.15) is 7.34 Å². The Morgan fingerprint density at radius 2 is 1.67 bits per heavy atom. The van der Waals surface area contributed by atoms with Gasteiger partial charge >= 0.3 is 0 Å². The van der Waals surface area contributed by atoms with Crippen molar-refractivity contribution in [2.24, 2.45) is 0 Å². The van der Waals surface area contributed by atoms with Crippen molar-refractivity contribution in [3.63, 3.8) is 0 Å². The smallest absolute Gasteiger partial charge is 0.142 e. The first-order valence-electron chi connectivity index (χ1n) is 3.45. The lowest BCUT2D eigenvalue weighted by Crippen LogP contribution is -1.83. The van der Waals surface area contributed by atoms with Gasteiger partial charge in [-0.05, 0) is 11.9 Å². The van der Waals surface area contributed by atoms with Crippen LogP contribution >= 0.6 is 7.34 Å². The van der Waals surface area contributed by atoms with Crippen molar-refractivity contribution >= 4 is 19.0 Å². The van der Waals surface area contributed by atoms with E-state index in [-0.39, 0.29) is 0 Å². The normalized spacial score (nSPS) is 11.2. The number of benzene rings is 1. The van der Waals surface area contributed by atoms with E-state index in [0.29, 0.717) is 5.31 Å². The summed E-state index contributed by atoms with van der Waals surface area (Å²) in [7, 11) is -3.17. The van der Waals surface area contributed by atoms with Crippen molar-refractivity contribution in [2.75, 3.05) is 0 Å². The Hall–Kier alpha value is -0.820. The molecule has 0 radical (unpaired) electrons. The average molecular weight is 182 g/mol. The minimum absolute atomic E-state index is 0.308. The van der Waals surface area contributed by atoms with Crippen LogP contribution < -0.4 is 0 Å². The molecule has 1 aromatic carbocycles. The molecular formula is C9H11O2P. The van der Waals surface area contributed by atoms with Crippen molar-refractivity contribution in [3.05, 3.63) is 42.5 Å². The molecule has 2 nitrogen and oxygen atoms in total. The second-order valence-corrected chi connectivity index (χ2v) is 4.54. The molecule has 0 bridgehead atoms. The van der Waals surface area contributed by atoms with Crippen LogP contribution in [0, 0.1) is 0 Å². The number of hydrogen-bond donors (Lipinski definition) is 2. The van der Waals surface area contributed by atoms with Gasteiger partial charge in [-0.1, -0.05) is 36.9 Å². The Labute approximate surface area is 71.9 Å². The van der Waals surface area contributed by atoms with Gasteiger partial charge in [0.25, 0.3) is 0 Å². The fourth-order valence-electron chi connectivity index (χ4n) is 0.837. The van der Waals surface area contributed by atoms with Crippen LogP contribution in [-0.4, -0.2) is 16.1 Å². The van der Waals surface area contributed by atoms with Gasteiger partial charge in [-0.2, -0.15) is 0 Å². The van der Waals surface area contributed by atoms with Gasteiger partial charge in [-0.3, -0.25) is 0 Å². The molecular weight excluding hydrogens is 171 g/mol. The van der Waals surface area contributed by atoms with Crippen molar-refractivity contribution in [1.82, 2.24) is 0 Å². The lowest BCUT2D eigenvalue weighted by Gasteiger charge is -2.12. The van der Waals surface area contributed by atoms with Gasteiger partial charge in [-0.25, -0.2) is 0 Å². The summed E-state index contributed by atoms with van der Waals surface area (Å²) in [6, 6.07) is 9.03. The maximum atomic E-state index is 9.20. The standard InChI is InChI=1S/C9H11O2P/c1-8(12(2,10)11)9-6-4-3-5-7-9/h3-7,10-11H,1-2H2. The summed E-state index contributed by atoms with van der Waals surface area (Å²) < 4.78 is 0. The van der Waals surface area contributed by atoms with Crippen LogP contribution in [0.1, 0.15) is 5.56 Å². The van der Waals surface area contributed by atoms with E-state index < -0.39 is 7.34 Å². The molecule has 12 heavy (non-hydrogen) atoms. The molecule has 64 valence electrons. The first-order chi connectivity index (χ1) is 5.52. The Balaban J connectivity index is 3.03. The maximum absolute atomic E-state index is 9.20. The van der Waals surface area contributed by atoms with Crippen LogP contribution in [0.4, 0.5) is 0 Å². The van der Waals surface area contributed by atoms with Crippen LogP contribution in [-0.2, 0) is 0 Å². The molecule has 1 aromatic rings. The SMILES string of the molecule is C=C(c1ccccc1)P(=C)(O)O. The summed E-state index contributed by atoms with van der Waals surface area (Å²) >= 11 is 0. The van der Waals surface area contributed by atoms with Gasteiger partial charge in [0.15, 0.2) is 0 Å². The van der Waals surface area contributed by atoms with E-state index in [4.69, 9.17) is 0 Å². The monoisotopic (exact) mass is 182 g/mol. The highest BCUT2D eigenvalue weighted by Gasteiger charge is 2.11. The quantitative estimate of drug-likeness (QED) is 0.686. The van der Waals surface area contributed by atoms with Gasteiger partial charge in [0.2, 0.25) is 0 Å². The molecule has 1 rings (SSSR count). The van der Waals surface area contributed by atoms with Crippen molar-refractivity contribution in [3.8, 4) is 0 Å². The van der Waals surface area contributed by atoms with Crippen LogP contribution in [0.2, 0.25) is 0 Å². The molecule has 0 saturated carbocycles. The summed E-state index contributed by atoms with van der Waals surface area (Å²) in [6.07, 6.45) is 3.27. The summed E-state index contributed by atoms with van der Waals surface area (Å²) in [5, 5.41) is 0.308. The maximum Gasteiger partial charge on any atom is 0.142 e. The summed E-state index contributed by atoms with van der Waals surface area (Å²) in [5.41, 5.74) is 0.728. The van der Waals surface area contributed by atoms with Crippen LogP contribution in [0.25, 0.3) is 5.31 Å². The summed E-state index contributed by atoms with van der Waals surface area (Å²) in [5.74, 6) is 0. The fourth-order valence-corrected chi connectivity index (χ4v) is 1.40. The largest absolute Gasteiger partial charge is 0.350 e. The fraction of sp³-hybridized carbons (Fsp3) is 0. The minimum atomic E-state index is -3.17. The first kappa shape index (κ1) is 9.27. The van der Waals surface area contributed by atoms with Gasteiger partial charge < -0.3 is 9.79 Å². The molecule has 3 heteroatoms. The van der Waals surface area contributed by atoms with Gasteiger partial charge in [0, 0.05) is 5.31 Å². The van der Waals surface area contributed by atoms with Crippen LogP contribution in [0.5, 0.6) is 0 Å². The van der Waals surface area contributed by atoms with E-state index in [2.05, 4.69) is 12.9 Å². The van der Waals surface area contributed by atoms with Crippen molar-refractivity contribution in [1.29, 1.82) is 0 Å². The second kappa shape index (κ2) is 3.28. The van der Waals surface area contributed by atoms with E-state index in [1.54, 1.807) is 12.1 Å².